The molecule has 70 valence electrons. The molecule has 0 aromatic rings. The van der Waals surface area contributed by atoms with E-state index in [4.69, 9.17) is 0 Å². The molecule has 2 heteroatoms. The van der Waals surface area contributed by atoms with Gasteiger partial charge in [0.25, 0.3) is 0 Å². The van der Waals surface area contributed by atoms with Crippen molar-refractivity contribution in [1.82, 2.24) is 4.72 Å². The van der Waals surface area contributed by atoms with Gasteiger partial charge in [-0.15, -0.1) is 0 Å². The van der Waals surface area contributed by atoms with E-state index in [0.29, 0.717) is 5.41 Å². The van der Waals surface area contributed by atoms with Crippen LogP contribution in [0.2, 0.25) is 0 Å². The lowest BCUT2D eigenvalue weighted by Gasteiger charge is -2.44. The highest BCUT2D eigenvalue weighted by atomic mass is 32.3. The van der Waals surface area contributed by atoms with Gasteiger partial charge in [0.05, 0.1) is 0 Å². The highest BCUT2D eigenvalue weighted by Gasteiger charge is 2.29. The molecule has 0 aromatic heterocycles. The number of hydrogen-bond acceptors (Lipinski definition) is 1. The quantitative estimate of drug-likeness (QED) is 0.684. The summed E-state index contributed by atoms with van der Waals surface area (Å²) in [4.78, 5) is 0. The van der Waals surface area contributed by atoms with Gasteiger partial charge in [-0.05, 0) is 25.0 Å². The Labute approximate surface area is 73.4 Å². The highest BCUT2D eigenvalue weighted by molar-refractivity contribution is 8.31. The molecule has 11 heavy (non-hydrogen) atoms. The van der Waals surface area contributed by atoms with E-state index in [-0.39, 0.29) is 0 Å². The van der Waals surface area contributed by atoms with Gasteiger partial charge in [0.15, 0.2) is 0 Å². The summed E-state index contributed by atoms with van der Waals surface area (Å²) in [5, 5.41) is 0.750. The van der Waals surface area contributed by atoms with Crippen LogP contribution < -0.4 is 4.72 Å². The van der Waals surface area contributed by atoms with Crippen molar-refractivity contribution in [2.75, 3.05) is 19.6 Å². The van der Waals surface area contributed by atoms with Crippen LogP contribution in [0.4, 0.5) is 0 Å². The molecule has 0 radical (unpaired) electrons. The Balaban J connectivity index is 4.35. The zero-order chi connectivity index (χ0) is 9.28. The van der Waals surface area contributed by atoms with Crippen LogP contribution in [0.25, 0.3) is 0 Å². The molecule has 0 fully saturated rings. The standard InChI is InChI=1S/C9H23NS/c1-8(9(2,3)4)11(6,7)10-5/h8,10H,1-7H3. The third-order valence-corrected chi connectivity index (χ3v) is 6.16. The molecule has 0 rings (SSSR count). The van der Waals surface area contributed by atoms with Crippen molar-refractivity contribution in [3.8, 4) is 0 Å². The summed E-state index contributed by atoms with van der Waals surface area (Å²) in [7, 11) is 1.46. The molecule has 0 saturated carbocycles. The van der Waals surface area contributed by atoms with Crippen molar-refractivity contribution < 1.29 is 0 Å². The van der Waals surface area contributed by atoms with E-state index in [0.717, 1.165) is 5.25 Å². The van der Waals surface area contributed by atoms with Gasteiger partial charge in [0.2, 0.25) is 0 Å². The monoisotopic (exact) mass is 177 g/mol. The Morgan fingerprint density at radius 2 is 1.55 bits per heavy atom. The molecule has 0 spiro atoms. The lowest BCUT2D eigenvalue weighted by atomic mass is 9.93. The summed E-state index contributed by atoms with van der Waals surface area (Å²) in [6.07, 6.45) is 4.67. The van der Waals surface area contributed by atoms with Crippen LogP contribution in [0, 0.1) is 5.41 Å². The average molecular weight is 177 g/mol. The first-order valence-electron chi connectivity index (χ1n) is 4.12. The fraction of sp³-hybridized carbons (Fsp3) is 1.00. The molecule has 0 aliphatic heterocycles. The van der Waals surface area contributed by atoms with Crippen molar-refractivity contribution >= 4 is 10.2 Å². The van der Waals surface area contributed by atoms with E-state index in [1.165, 1.54) is 0 Å². The Bertz CT molecular complexity index is 124. The zero-order valence-corrected chi connectivity index (χ0v) is 9.80. The van der Waals surface area contributed by atoms with Gasteiger partial charge >= 0.3 is 0 Å². The lowest BCUT2D eigenvalue weighted by Crippen LogP contribution is -2.34. The van der Waals surface area contributed by atoms with Crippen molar-refractivity contribution in [2.45, 2.75) is 32.9 Å². The third kappa shape index (κ3) is 3.04. The van der Waals surface area contributed by atoms with Crippen molar-refractivity contribution in [1.29, 1.82) is 0 Å². The van der Waals surface area contributed by atoms with Crippen molar-refractivity contribution in [3.63, 3.8) is 0 Å². The Morgan fingerprint density at radius 1 is 1.18 bits per heavy atom. The van der Waals surface area contributed by atoms with Gasteiger partial charge in [-0.2, -0.15) is 10.2 Å². The largest absolute Gasteiger partial charge is 0.284 e. The molecule has 1 atom stereocenters. The van der Waals surface area contributed by atoms with Crippen LogP contribution in [0.5, 0.6) is 0 Å². The third-order valence-electron chi connectivity index (χ3n) is 2.63. The van der Waals surface area contributed by atoms with Gasteiger partial charge in [0.1, 0.15) is 0 Å². The second-order valence-electron chi connectivity index (χ2n) is 4.62. The van der Waals surface area contributed by atoms with E-state index in [1.54, 1.807) is 0 Å². The summed E-state index contributed by atoms with van der Waals surface area (Å²) in [6.45, 7) is 9.27. The predicted molar refractivity (Wildman–Crippen MR) is 57.4 cm³/mol. The Kier molecular flexibility index (Phi) is 3.45. The molecule has 1 nitrogen and oxygen atoms in total. The number of nitrogens with one attached hydrogen (secondary N) is 1. The van der Waals surface area contributed by atoms with Crippen molar-refractivity contribution in [3.05, 3.63) is 0 Å². The zero-order valence-electron chi connectivity index (χ0n) is 8.99. The molecule has 1 N–H and O–H groups in total. The summed E-state index contributed by atoms with van der Waals surface area (Å²) in [6, 6.07) is 0. The molecular formula is C9H23NS. The minimum Gasteiger partial charge on any atom is -0.284 e. The Morgan fingerprint density at radius 3 is 1.64 bits per heavy atom. The van der Waals surface area contributed by atoms with Crippen LogP contribution >= 0.6 is 10.2 Å². The predicted octanol–water partition coefficient (Wildman–Crippen LogP) is 2.62. The van der Waals surface area contributed by atoms with Crippen LogP contribution in [-0.4, -0.2) is 24.8 Å². The summed E-state index contributed by atoms with van der Waals surface area (Å²) >= 11 is 0. The van der Waals surface area contributed by atoms with E-state index in [9.17, 15) is 0 Å². The maximum absolute atomic E-state index is 3.43. The molecule has 0 aromatic carbocycles. The second kappa shape index (κ2) is 3.36. The van der Waals surface area contributed by atoms with E-state index < -0.39 is 10.2 Å². The van der Waals surface area contributed by atoms with E-state index in [2.05, 4.69) is 52.0 Å². The van der Waals surface area contributed by atoms with Crippen LogP contribution in [0.15, 0.2) is 0 Å². The fourth-order valence-electron chi connectivity index (χ4n) is 1.06. The topological polar surface area (TPSA) is 12.0 Å². The van der Waals surface area contributed by atoms with Crippen LogP contribution in [0.1, 0.15) is 27.7 Å². The van der Waals surface area contributed by atoms with Gasteiger partial charge < -0.3 is 0 Å². The average Bonchev–Trinajstić information content (AvgIpc) is 1.84. The molecule has 1 unspecified atom stereocenters. The minimum atomic E-state index is -0.606. The van der Waals surface area contributed by atoms with Gasteiger partial charge in [-0.1, -0.05) is 27.7 Å². The Hall–Kier alpha value is 0.310. The molecule has 0 bridgehead atoms. The first-order valence-corrected chi connectivity index (χ1v) is 6.63. The molecular weight excluding hydrogens is 154 g/mol. The first kappa shape index (κ1) is 11.3. The lowest BCUT2D eigenvalue weighted by molar-refractivity contribution is 0.406. The molecule has 0 amide bonds. The number of hydrogen-bond donors (Lipinski definition) is 1. The van der Waals surface area contributed by atoms with Gasteiger partial charge in [-0.25, -0.2) is 0 Å². The van der Waals surface area contributed by atoms with Gasteiger partial charge in [-0.3, -0.25) is 4.72 Å². The maximum Gasteiger partial charge on any atom is 0.00197 e. The minimum absolute atomic E-state index is 0.418. The van der Waals surface area contributed by atoms with Crippen LogP contribution in [-0.2, 0) is 0 Å². The summed E-state index contributed by atoms with van der Waals surface area (Å²) in [5.74, 6) is 0. The number of rotatable bonds is 2. The van der Waals surface area contributed by atoms with E-state index in [1.807, 2.05) is 0 Å². The maximum atomic E-state index is 3.43. The normalized spacial score (nSPS) is 18.1. The van der Waals surface area contributed by atoms with Crippen LogP contribution in [0.3, 0.4) is 0 Å². The molecule has 0 heterocycles. The van der Waals surface area contributed by atoms with Gasteiger partial charge in [0, 0.05) is 5.25 Å². The smallest absolute Gasteiger partial charge is 0.00197 e. The highest BCUT2D eigenvalue weighted by Crippen LogP contribution is 2.47. The molecule has 0 aliphatic carbocycles. The fourth-order valence-corrected chi connectivity index (χ4v) is 3.18. The second-order valence-corrected chi connectivity index (χ2v) is 8.54. The summed E-state index contributed by atoms with van der Waals surface area (Å²) in [5.41, 5.74) is 0.418. The van der Waals surface area contributed by atoms with Crippen molar-refractivity contribution in [2.24, 2.45) is 5.41 Å². The van der Waals surface area contributed by atoms with E-state index >= 15 is 0 Å². The SMILES string of the molecule is CNS(C)(C)C(C)C(C)(C)C. The summed E-state index contributed by atoms with van der Waals surface area (Å²) < 4.78 is 3.43. The first-order chi connectivity index (χ1) is 4.72. The molecule has 0 aliphatic rings. The molecule has 0 saturated heterocycles.